The molecule has 30 heavy (non-hydrogen) atoms. The summed E-state index contributed by atoms with van der Waals surface area (Å²) < 4.78 is 16.3. The van der Waals surface area contributed by atoms with Crippen LogP contribution < -0.4 is 4.74 Å². The Hall–Kier alpha value is -3.86. The van der Waals surface area contributed by atoms with Crippen molar-refractivity contribution in [3.05, 3.63) is 89.8 Å². The number of aromatic nitrogens is 1. The number of ether oxygens (including phenoxy) is 2. The Morgan fingerprint density at radius 1 is 1.03 bits per heavy atom. The molecule has 0 saturated heterocycles. The highest BCUT2D eigenvalue weighted by atomic mass is 16.5. The van der Waals surface area contributed by atoms with Gasteiger partial charge in [0.05, 0.1) is 7.11 Å². The van der Waals surface area contributed by atoms with Gasteiger partial charge in [-0.2, -0.15) is 0 Å². The van der Waals surface area contributed by atoms with Crippen LogP contribution in [-0.4, -0.2) is 18.1 Å². The number of hydrogen-bond acceptors (Lipinski definition) is 5. The number of fused-ring (bicyclic) bond motifs is 1. The lowest BCUT2D eigenvalue weighted by Gasteiger charge is -2.04. The van der Waals surface area contributed by atoms with E-state index in [0.29, 0.717) is 18.2 Å². The van der Waals surface area contributed by atoms with E-state index >= 15 is 0 Å². The lowest BCUT2D eigenvalue weighted by molar-refractivity contribution is -0.134. The first-order chi connectivity index (χ1) is 14.6. The lowest BCUT2D eigenvalue weighted by atomic mass is 10.1. The van der Waals surface area contributed by atoms with Gasteiger partial charge in [0, 0.05) is 11.6 Å². The number of oxazole rings is 1. The molecule has 150 valence electrons. The molecule has 0 N–H and O–H groups in total. The lowest BCUT2D eigenvalue weighted by Crippen LogP contribution is -1.97. The monoisotopic (exact) mass is 399 g/mol. The Kier molecular flexibility index (Phi) is 5.61. The maximum absolute atomic E-state index is 11.2. The number of nitrogens with zero attached hydrogens (tertiary/aromatic N) is 1. The summed E-state index contributed by atoms with van der Waals surface area (Å²) in [5.41, 5.74) is 2.57. The van der Waals surface area contributed by atoms with Crippen molar-refractivity contribution in [2.45, 2.75) is 13.5 Å². The van der Waals surface area contributed by atoms with Crippen LogP contribution in [-0.2, 0) is 16.1 Å². The molecule has 3 aromatic carbocycles. The summed E-state index contributed by atoms with van der Waals surface area (Å²) in [7, 11) is 1.35. The molecule has 5 nitrogen and oxygen atoms in total. The summed E-state index contributed by atoms with van der Waals surface area (Å²) in [6, 6.07) is 21.8. The fourth-order valence-electron chi connectivity index (χ4n) is 3.07. The van der Waals surface area contributed by atoms with E-state index in [1.807, 2.05) is 49.4 Å². The van der Waals surface area contributed by atoms with E-state index < -0.39 is 0 Å². The number of esters is 1. The molecule has 0 spiro atoms. The first-order valence-corrected chi connectivity index (χ1v) is 9.57. The van der Waals surface area contributed by atoms with Crippen molar-refractivity contribution < 1.29 is 18.7 Å². The van der Waals surface area contributed by atoms with Crippen molar-refractivity contribution in [3.63, 3.8) is 0 Å². The van der Waals surface area contributed by atoms with Crippen LogP contribution in [0.3, 0.4) is 0 Å². The van der Waals surface area contributed by atoms with Gasteiger partial charge in [-0.3, -0.25) is 0 Å². The summed E-state index contributed by atoms with van der Waals surface area (Å²) in [4.78, 5) is 15.8. The highest BCUT2D eigenvalue weighted by Crippen LogP contribution is 2.26. The van der Waals surface area contributed by atoms with Crippen molar-refractivity contribution >= 4 is 22.8 Å². The molecule has 0 fully saturated rings. The van der Waals surface area contributed by atoms with Crippen molar-refractivity contribution in [1.29, 1.82) is 0 Å². The van der Waals surface area contributed by atoms with E-state index in [4.69, 9.17) is 9.15 Å². The van der Waals surface area contributed by atoms with E-state index in [9.17, 15) is 4.79 Å². The van der Waals surface area contributed by atoms with E-state index in [1.165, 1.54) is 18.6 Å². The van der Waals surface area contributed by atoms with Gasteiger partial charge in [0.15, 0.2) is 0 Å². The van der Waals surface area contributed by atoms with E-state index in [2.05, 4.69) is 34.0 Å². The normalized spacial score (nSPS) is 11.1. The first kappa shape index (κ1) is 19.5. The van der Waals surface area contributed by atoms with Crippen LogP contribution in [0.4, 0.5) is 0 Å². The standard InChI is InChI=1S/C25H21NO4/c1-17-23(16-29-22-12-7-18(8-13-22)9-14-24(27)28-2)26-25(30-17)21-11-10-19-5-3-4-6-20(19)15-21/h3-15H,16H2,1-2H3/b14-9+. The average Bonchev–Trinajstić information content (AvgIpc) is 3.16. The highest BCUT2D eigenvalue weighted by Gasteiger charge is 2.12. The summed E-state index contributed by atoms with van der Waals surface area (Å²) in [5.74, 6) is 1.63. The molecule has 5 heteroatoms. The third-order valence-corrected chi connectivity index (χ3v) is 4.76. The van der Waals surface area contributed by atoms with Crippen LogP contribution >= 0.6 is 0 Å². The smallest absolute Gasteiger partial charge is 0.330 e. The minimum Gasteiger partial charge on any atom is -0.487 e. The minimum absolute atomic E-state index is 0.306. The highest BCUT2D eigenvalue weighted by molar-refractivity contribution is 5.87. The van der Waals surface area contributed by atoms with Crippen LogP contribution in [0.1, 0.15) is 17.0 Å². The summed E-state index contributed by atoms with van der Waals surface area (Å²) >= 11 is 0. The van der Waals surface area contributed by atoms with Gasteiger partial charge >= 0.3 is 5.97 Å². The number of carbonyl (C=O) groups is 1. The van der Waals surface area contributed by atoms with Crippen LogP contribution in [0, 0.1) is 6.92 Å². The quantitative estimate of drug-likeness (QED) is 0.313. The first-order valence-electron chi connectivity index (χ1n) is 9.57. The van der Waals surface area contributed by atoms with E-state index in [-0.39, 0.29) is 5.97 Å². The second-order valence-corrected chi connectivity index (χ2v) is 6.80. The van der Waals surface area contributed by atoms with Crippen LogP contribution in [0.25, 0.3) is 28.3 Å². The molecular formula is C25H21NO4. The Balaban J connectivity index is 1.45. The molecule has 0 atom stereocenters. The number of aryl methyl sites for hydroxylation is 1. The molecule has 0 unspecified atom stereocenters. The number of benzene rings is 3. The third-order valence-electron chi connectivity index (χ3n) is 4.76. The van der Waals surface area contributed by atoms with Crippen LogP contribution in [0.15, 0.2) is 77.2 Å². The van der Waals surface area contributed by atoms with Gasteiger partial charge in [-0.25, -0.2) is 9.78 Å². The SMILES string of the molecule is COC(=O)/C=C/c1ccc(OCc2nc(-c3ccc4ccccc4c3)oc2C)cc1. The third kappa shape index (κ3) is 4.41. The van der Waals surface area contributed by atoms with Crippen LogP contribution in [0.5, 0.6) is 5.75 Å². The van der Waals surface area contributed by atoms with Crippen molar-refractivity contribution in [3.8, 4) is 17.2 Å². The Bertz CT molecular complexity index is 1210. The molecule has 1 heterocycles. The van der Waals surface area contributed by atoms with Crippen LogP contribution in [0.2, 0.25) is 0 Å². The zero-order valence-corrected chi connectivity index (χ0v) is 16.8. The van der Waals surface area contributed by atoms with Gasteiger partial charge in [-0.15, -0.1) is 0 Å². The van der Waals surface area contributed by atoms with Crippen molar-refractivity contribution in [2.75, 3.05) is 7.11 Å². The Labute approximate surface area is 174 Å². The van der Waals surface area contributed by atoms with Gasteiger partial charge < -0.3 is 13.9 Å². The van der Waals surface area contributed by atoms with Gasteiger partial charge in [0.25, 0.3) is 0 Å². The van der Waals surface area contributed by atoms with E-state index in [1.54, 1.807) is 6.08 Å². The minimum atomic E-state index is -0.390. The zero-order valence-electron chi connectivity index (χ0n) is 16.8. The second kappa shape index (κ2) is 8.66. The molecule has 4 rings (SSSR count). The van der Waals surface area contributed by atoms with Gasteiger partial charge in [0.2, 0.25) is 5.89 Å². The van der Waals surface area contributed by atoms with Crippen molar-refractivity contribution in [1.82, 2.24) is 4.98 Å². The molecule has 4 aromatic rings. The average molecular weight is 399 g/mol. The van der Waals surface area contributed by atoms with Gasteiger partial charge in [0.1, 0.15) is 23.8 Å². The maximum atomic E-state index is 11.2. The fourth-order valence-corrected chi connectivity index (χ4v) is 3.07. The molecule has 0 radical (unpaired) electrons. The number of hydrogen-bond donors (Lipinski definition) is 0. The number of methoxy groups -OCH3 is 1. The van der Waals surface area contributed by atoms with Gasteiger partial charge in [-0.05, 0) is 53.6 Å². The molecular weight excluding hydrogens is 378 g/mol. The molecule has 0 amide bonds. The summed E-state index contributed by atoms with van der Waals surface area (Å²) in [6.07, 6.45) is 3.07. The second-order valence-electron chi connectivity index (χ2n) is 6.80. The molecule has 1 aromatic heterocycles. The molecule has 0 bridgehead atoms. The summed E-state index contributed by atoms with van der Waals surface area (Å²) in [5, 5.41) is 2.32. The Morgan fingerprint density at radius 2 is 1.80 bits per heavy atom. The van der Waals surface area contributed by atoms with E-state index in [0.717, 1.165) is 28.0 Å². The Morgan fingerprint density at radius 3 is 2.57 bits per heavy atom. The molecule has 0 saturated carbocycles. The maximum Gasteiger partial charge on any atom is 0.330 e. The fraction of sp³-hybridized carbons (Fsp3) is 0.120. The number of rotatable bonds is 6. The summed E-state index contributed by atoms with van der Waals surface area (Å²) in [6.45, 7) is 2.19. The van der Waals surface area contributed by atoms with Gasteiger partial charge in [-0.1, -0.05) is 42.5 Å². The molecule has 0 aliphatic carbocycles. The predicted molar refractivity (Wildman–Crippen MR) is 116 cm³/mol. The van der Waals surface area contributed by atoms with Crippen molar-refractivity contribution in [2.24, 2.45) is 0 Å². The predicted octanol–water partition coefficient (Wildman–Crippen LogP) is 5.57. The molecule has 0 aliphatic rings. The molecule has 0 aliphatic heterocycles. The largest absolute Gasteiger partial charge is 0.487 e. The topological polar surface area (TPSA) is 61.6 Å². The zero-order chi connectivity index (χ0) is 20.9. The number of carbonyl (C=O) groups excluding carboxylic acids is 1.